The van der Waals surface area contributed by atoms with Gasteiger partial charge in [-0.3, -0.25) is 5.32 Å². The molecule has 0 aliphatic heterocycles. The Labute approximate surface area is 160 Å². The Hall–Kier alpha value is -2.91. The van der Waals surface area contributed by atoms with Gasteiger partial charge in [0.05, 0.1) is 36.3 Å². The molecule has 3 aromatic rings. The minimum atomic E-state index is -0.590. The lowest BCUT2D eigenvalue weighted by Gasteiger charge is -2.09. The molecule has 0 saturated carbocycles. The van der Waals surface area contributed by atoms with E-state index in [-0.39, 0.29) is 0 Å². The molecule has 1 heterocycles. The highest BCUT2D eigenvalue weighted by Crippen LogP contribution is 2.27. The van der Waals surface area contributed by atoms with E-state index in [4.69, 9.17) is 4.18 Å². The largest absolute Gasteiger partial charge is 0.453 e. The van der Waals surface area contributed by atoms with E-state index in [0.717, 1.165) is 16.1 Å². The molecule has 3 rings (SSSR count). The van der Waals surface area contributed by atoms with E-state index in [0.29, 0.717) is 23.8 Å². The summed E-state index contributed by atoms with van der Waals surface area (Å²) < 4.78 is 10.3. The standard InChI is InChI=1S/C18H20N4O4S/c1-11(23)10-19-12-3-6-14(7-4-12)27-26-13-5-8-15-16(9-13)21-17(20-15)22-18(24)25-2/h3-9,11,19,23H,10H2,1-2H3,(H2,20,21,22,24). The van der Waals surface area contributed by atoms with Gasteiger partial charge in [0.25, 0.3) is 0 Å². The predicted molar refractivity (Wildman–Crippen MR) is 105 cm³/mol. The molecule has 0 saturated heterocycles. The monoisotopic (exact) mass is 388 g/mol. The molecule has 0 aliphatic rings. The number of aliphatic hydroxyl groups excluding tert-OH is 1. The fourth-order valence-corrected chi connectivity index (χ4v) is 2.78. The fraction of sp³-hybridized carbons (Fsp3) is 0.222. The normalized spacial score (nSPS) is 11.8. The van der Waals surface area contributed by atoms with Crippen molar-refractivity contribution in [3.63, 3.8) is 0 Å². The number of benzene rings is 2. The van der Waals surface area contributed by atoms with Gasteiger partial charge in [0.2, 0.25) is 5.95 Å². The smallest absolute Gasteiger partial charge is 0.413 e. The lowest BCUT2D eigenvalue weighted by Crippen LogP contribution is -2.15. The van der Waals surface area contributed by atoms with Crippen LogP contribution >= 0.6 is 12.0 Å². The Morgan fingerprint density at radius 2 is 2.07 bits per heavy atom. The second-order valence-electron chi connectivity index (χ2n) is 5.80. The van der Waals surface area contributed by atoms with Crippen LogP contribution in [0.4, 0.5) is 16.4 Å². The van der Waals surface area contributed by atoms with E-state index in [1.807, 2.05) is 24.3 Å². The minimum Gasteiger partial charge on any atom is -0.453 e. The summed E-state index contributed by atoms with van der Waals surface area (Å²) in [5, 5.41) is 14.9. The Morgan fingerprint density at radius 1 is 1.30 bits per heavy atom. The number of hydrogen-bond acceptors (Lipinski definition) is 7. The molecule has 142 valence electrons. The molecule has 0 fully saturated rings. The maximum absolute atomic E-state index is 11.2. The average Bonchev–Trinajstić information content (AvgIpc) is 3.06. The number of rotatable bonds is 7. The number of carbonyl (C=O) groups excluding carboxylic acids is 1. The number of ether oxygens (including phenoxy) is 1. The third kappa shape index (κ3) is 5.28. The van der Waals surface area contributed by atoms with Crippen molar-refractivity contribution in [3.8, 4) is 5.75 Å². The third-order valence-corrected chi connectivity index (χ3v) is 4.29. The molecule has 8 nitrogen and oxygen atoms in total. The van der Waals surface area contributed by atoms with Crippen molar-refractivity contribution in [2.45, 2.75) is 17.9 Å². The van der Waals surface area contributed by atoms with E-state index in [2.05, 4.69) is 25.3 Å². The molecule has 1 unspecified atom stereocenters. The van der Waals surface area contributed by atoms with Gasteiger partial charge < -0.3 is 24.3 Å². The van der Waals surface area contributed by atoms with Crippen LogP contribution in [0.1, 0.15) is 6.92 Å². The van der Waals surface area contributed by atoms with Crippen molar-refractivity contribution >= 4 is 40.8 Å². The van der Waals surface area contributed by atoms with Gasteiger partial charge in [-0.25, -0.2) is 9.78 Å². The second kappa shape index (κ2) is 8.65. The number of carbonyl (C=O) groups is 1. The molecular weight excluding hydrogens is 368 g/mol. The second-order valence-corrected chi connectivity index (χ2v) is 6.61. The number of nitrogens with zero attached hydrogens (tertiary/aromatic N) is 1. The Balaban J connectivity index is 1.60. The van der Waals surface area contributed by atoms with Crippen LogP contribution in [0, 0.1) is 0 Å². The fourth-order valence-electron chi connectivity index (χ4n) is 2.24. The van der Waals surface area contributed by atoms with E-state index in [1.165, 1.54) is 19.2 Å². The van der Waals surface area contributed by atoms with Crippen molar-refractivity contribution in [2.75, 3.05) is 24.3 Å². The van der Waals surface area contributed by atoms with E-state index in [1.54, 1.807) is 25.1 Å². The topological polar surface area (TPSA) is 108 Å². The first-order valence-corrected chi connectivity index (χ1v) is 8.99. The molecule has 1 atom stereocenters. The van der Waals surface area contributed by atoms with Crippen LogP contribution in [-0.4, -0.2) is 40.9 Å². The molecule has 9 heteroatoms. The number of imidazole rings is 1. The molecule has 27 heavy (non-hydrogen) atoms. The van der Waals surface area contributed by atoms with Gasteiger partial charge in [-0.2, -0.15) is 0 Å². The molecule has 0 radical (unpaired) electrons. The van der Waals surface area contributed by atoms with E-state index >= 15 is 0 Å². The van der Waals surface area contributed by atoms with Crippen LogP contribution in [0.15, 0.2) is 47.4 Å². The van der Waals surface area contributed by atoms with Crippen molar-refractivity contribution in [1.82, 2.24) is 9.97 Å². The zero-order chi connectivity index (χ0) is 19.2. The van der Waals surface area contributed by atoms with Gasteiger partial charge in [-0.05, 0) is 43.3 Å². The summed E-state index contributed by atoms with van der Waals surface area (Å²) in [6.45, 7) is 2.23. The van der Waals surface area contributed by atoms with Crippen LogP contribution in [0.5, 0.6) is 5.75 Å². The summed E-state index contributed by atoms with van der Waals surface area (Å²) >= 11 is 1.24. The quantitative estimate of drug-likeness (QED) is 0.458. The first-order valence-electron chi connectivity index (χ1n) is 8.25. The molecular formula is C18H20N4O4S. The molecule has 2 aromatic carbocycles. The average molecular weight is 388 g/mol. The number of fused-ring (bicyclic) bond motifs is 1. The first-order chi connectivity index (χ1) is 13.0. The number of H-pyrrole nitrogens is 1. The molecule has 4 N–H and O–H groups in total. The van der Waals surface area contributed by atoms with Gasteiger partial charge in [0.15, 0.2) is 0 Å². The van der Waals surface area contributed by atoms with Crippen molar-refractivity contribution in [1.29, 1.82) is 0 Å². The number of hydrogen-bond donors (Lipinski definition) is 4. The maximum Gasteiger partial charge on any atom is 0.413 e. The van der Waals surface area contributed by atoms with Gasteiger partial charge in [-0.1, -0.05) is 0 Å². The summed E-state index contributed by atoms with van der Waals surface area (Å²) in [6, 6.07) is 13.1. The van der Waals surface area contributed by atoms with Gasteiger partial charge in [-0.15, -0.1) is 0 Å². The number of aromatic amines is 1. The highest BCUT2D eigenvalue weighted by Gasteiger charge is 2.08. The van der Waals surface area contributed by atoms with Crippen molar-refractivity contribution in [3.05, 3.63) is 42.5 Å². The summed E-state index contributed by atoms with van der Waals surface area (Å²) in [5.41, 5.74) is 2.37. The van der Waals surface area contributed by atoms with Crippen LogP contribution in [0.3, 0.4) is 0 Å². The number of anilines is 2. The highest BCUT2D eigenvalue weighted by molar-refractivity contribution is 7.95. The first kappa shape index (κ1) is 18.9. The lowest BCUT2D eigenvalue weighted by molar-refractivity contribution is 0.186. The zero-order valence-electron chi connectivity index (χ0n) is 14.9. The van der Waals surface area contributed by atoms with Crippen LogP contribution in [0.2, 0.25) is 0 Å². The van der Waals surface area contributed by atoms with Crippen LogP contribution in [0.25, 0.3) is 11.0 Å². The molecule has 0 bridgehead atoms. The molecule has 0 spiro atoms. The predicted octanol–water partition coefficient (Wildman–Crippen LogP) is 3.62. The number of aromatic nitrogens is 2. The SMILES string of the molecule is COC(=O)Nc1nc2ccc(OSc3ccc(NCC(C)O)cc3)cc2[nH]1. The van der Waals surface area contributed by atoms with Crippen LogP contribution in [-0.2, 0) is 4.74 Å². The van der Waals surface area contributed by atoms with Gasteiger partial charge >= 0.3 is 6.09 Å². The van der Waals surface area contributed by atoms with E-state index < -0.39 is 12.2 Å². The van der Waals surface area contributed by atoms with E-state index in [9.17, 15) is 9.90 Å². The minimum absolute atomic E-state index is 0.307. The zero-order valence-corrected chi connectivity index (χ0v) is 15.7. The summed E-state index contributed by atoms with van der Waals surface area (Å²) in [5.74, 6) is 0.957. The number of methoxy groups -OCH3 is 1. The van der Waals surface area contributed by atoms with Gasteiger partial charge in [0, 0.05) is 23.2 Å². The summed E-state index contributed by atoms with van der Waals surface area (Å²) in [4.78, 5) is 19.4. The van der Waals surface area contributed by atoms with Crippen molar-refractivity contribution in [2.24, 2.45) is 0 Å². The van der Waals surface area contributed by atoms with Gasteiger partial charge in [0.1, 0.15) is 5.75 Å². The summed E-state index contributed by atoms with van der Waals surface area (Å²) in [7, 11) is 1.29. The number of amides is 1. The Kier molecular flexibility index (Phi) is 6.05. The maximum atomic E-state index is 11.2. The number of aliphatic hydroxyl groups is 1. The Bertz CT molecular complexity index is 911. The van der Waals surface area contributed by atoms with Crippen LogP contribution < -0.4 is 14.8 Å². The van der Waals surface area contributed by atoms with Crippen molar-refractivity contribution < 1.29 is 18.8 Å². The number of nitrogens with one attached hydrogen (secondary N) is 3. The Morgan fingerprint density at radius 3 is 2.78 bits per heavy atom. The molecule has 1 aromatic heterocycles. The molecule has 0 aliphatic carbocycles. The highest BCUT2D eigenvalue weighted by atomic mass is 32.2. The third-order valence-electron chi connectivity index (χ3n) is 3.55. The lowest BCUT2D eigenvalue weighted by atomic mass is 10.3. The molecule has 1 amide bonds. The summed E-state index contributed by atoms with van der Waals surface area (Å²) in [6.07, 6.45) is -0.990.